The topological polar surface area (TPSA) is 49.4 Å². The fraction of sp³-hybridized carbons (Fsp3) is 0.625. The highest BCUT2D eigenvalue weighted by molar-refractivity contribution is 7.88. The van der Waals surface area contributed by atoms with Crippen LogP contribution in [0.4, 0.5) is 0 Å². The van der Waals surface area contributed by atoms with Crippen LogP contribution in [0.3, 0.4) is 0 Å². The van der Waals surface area contributed by atoms with Gasteiger partial charge in [0.2, 0.25) is 10.0 Å². The van der Waals surface area contributed by atoms with Crippen molar-refractivity contribution < 1.29 is 8.42 Å². The Bertz CT molecular complexity index is 557. The summed E-state index contributed by atoms with van der Waals surface area (Å²) in [5, 5.41) is 3.59. The minimum Gasteiger partial charge on any atom is -0.310 e. The third-order valence-corrected chi connectivity index (χ3v) is 5.54. The first kappa shape index (κ1) is 16.5. The van der Waals surface area contributed by atoms with Crippen LogP contribution < -0.4 is 5.32 Å². The minimum absolute atomic E-state index is 0.420. The van der Waals surface area contributed by atoms with Gasteiger partial charge in [-0.25, -0.2) is 12.7 Å². The summed E-state index contributed by atoms with van der Waals surface area (Å²) in [7, 11) is -3.06. The molecule has 1 atom stereocenters. The molecular formula is C16H26N2O2S. The van der Waals surface area contributed by atoms with Crippen LogP contribution in [0.5, 0.6) is 0 Å². The molecule has 1 N–H and O–H groups in total. The van der Waals surface area contributed by atoms with Crippen LogP contribution in [0.15, 0.2) is 24.3 Å². The molecule has 0 saturated carbocycles. The largest absolute Gasteiger partial charge is 0.310 e. The van der Waals surface area contributed by atoms with Crippen molar-refractivity contribution in [1.82, 2.24) is 9.62 Å². The molecule has 0 aromatic heterocycles. The molecule has 0 aliphatic heterocycles. The maximum atomic E-state index is 11.5. The summed E-state index contributed by atoms with van der Waals surface area (Å²) >= 11 is 0. The van der Waals surface area contributed by atoms with E-state index < -0.39 is 10.0 Å². The van der Waals surface area contributed by atoms with Crippen molar-refractivity contribution in [3.63, 3.8) is 0 Å². The van der Waals surface area contributed by atoms with Gasteiger partial charge in [0, 0.05) is 19.1 Å². The minimum atomic E-state index is -3.06. The van der Waals surface area contributed by atoms with Crippen molar-refractivity contribution in [2.45, 2.75) is 38.6 Å². The summed E-state index contributed by atoms with van der Waals surface area (Å²) in [5.74, 6) is 0. The van der Waals surface area contributed by atoms with Crippen molar-refractivity contribution in [2.24, 2.45) is 0 Å². The summed E-state index contributed by atoms with van der Waals surface area (Å²) in [6.07, 6.45) is 5.69. The second kappa shape index (κ2) is 7.38. The number of aryl methyl sites for hydroxylation is 1. The number of benzene rings is 1. The first-order valence-electron chi connectivity index (χ1n) is 7.78. The molecular weight excluding hydrogens is 284 g/mol. The summed E-state index contributed by atoms with van der Waals surface area (Å²) in [6, 6.07) is 9.05. The number of nitrogens with zero attached hydrogens (tertiary/aromatic N) is 1. The van der Waals surface area contributed by atoms with Crippen molar-refractivity contribution in [2.75, 3.05) is 25.9 Å². The maximum absolute atomic E-state index is 11.5. The van der Waals surface area contributed by atoms with Crippen LogP contribution in [0, 0.1) is 0 Å². The van der Waals surface area contributed by atoms with Gasteiger partial charge in [0.1, 0.15) is 0 Å². The zero-order chi connectivity index (χ0) is 15.3. The van der Waals surface area contributed by atoms with E-state index in [9.17, 15) is 8.42 Å². The molecule has 1 aromatic rings. The van der Waals surface area contributed by atoms with Gasteiger partial charge in [-0.2, -0.15) is 0 Å². The van der Waals surface area contributed by atoms with E-state index in [-0.39, 0.29) is 0 Å². The number of rotatable bonds is 7. The van der Waals surface area contributed by atoms with E-state index in [1.165, 1.54) is 41.0 Å². The number of hydrogen-bond donors (Lipinski definition) is 1. The molecule has 0 heterocycles. The Morgan fingerprint density at radius 1 is 1.33 bits per heavy atom. The van der Waals surface area contributed by atoms with Crippen molar-refractivity contribution in [3.8, 4) is 0 Å². The Hall–Kier alpha value is -0.910. The SMILES string of the molecule is CCN(CCCNC1CCCc2ccccc21)S(C)(=O)=O. The molecule has 118 valence electrons. The Balaban J connectivity index is 1.82. The first-order chi connectivity index (χ1) is 10.0. The van der Waals surface area contributed by atoms with Crippen LogP contribution in [-0.2, 0) is 16.4 Å². The highest BCUT2D eigenvalue weighted by atomic mass is 32.2. The first-order valence-corrected chi connectivity index (χ1v) is 9.63. The Morgan fingerprint density at radius 3 is 2.81 bits per heavy atom. The van der Waals surface area contributed by atoms with Crippen molar-refractivity contribution >= 4 is 10.0 Å². The van der Waals surface area contributed by atoms with Crippen LogP contribution in [0.2, 0.25) is 0 Å². The summed E-state index contributed by atoms with van der Waals surface area (Å²) in [5.41, 5.74) is 2.87. The Kier molecular flexibility index (Phi) is 5.79. The van der Waals surface area contributed by atoms with Gasteiger partial charge in [0.15, 0.2) is 0 Å². The Morgan fingerprint density at radius 2 is 2.10 bits per heavy atom. The van der Waals surface area contributed by atoms with E-state index in [1.54, 1.807) is 0 Å². The van der Waals surface area contributed by atoms with Crippen LogP contribution in [0.1, 0.15) is 43.4 Å². The summed E-state index contributed by atoms with van der Waals surface area (Å²) in [4.78, 5) is 0. The molecule has 0 fully saturated rings. The summed E-state index contributed by atoms with van der Waals surface area (Å²) in [6.45, 7) is 3.87. The highest BCUT2D eigenvalue weighted by Crippen LogP contribution is 2.29. The lowest BCUT2D eigenvalue weighted by atomic mass is 9.88. The summed E-state index contributed by atoms with van der Waals surface area (Å²) < 4.78 is 24.6. The van der Waals surface area contributed by atoms with Crippen LogP contribution in [0.25, 0.3) is 0 Å². The maximum Gasteiger partial charge on any atom is 0.211 e. The Labute approximate surface area is 128 Å². The standard InChI is InChI=1S/C16H26N2O2S/c1-3-18(21(2,19)20)13-7-12-17-16-11-6-9-14-8-4-5-10-15(14)16/h4-5,8,10,16-17H,3,6-7,9,11-13H2,1-2H3. The van der Waals surface area contributed by atoms with E-state index >= 15 is 0 Å². The van der Waals surface area contributed by atoms with Crippen LogP contribution >= 0.6 is 0 Å². The molecule has 1 aliphatic rings. The molecule has 0 radical (unpaired) electrons. The third kappa shape index (κ3) is 4.53. The van der Waals surface area contributed by atoms with Crippen molar-refractivity contribution in [1.29, 1.82) is 0 Å². The molecule has 1 aliphatic carbocycles. The lowest BCUT2D eigenvalue weighted by molar-refractivity contribution is 0.400. The normalized spacial score (nSPS) is 18.7. The van der Waals surface area contributed by atoms with Gasteiger partial charge in [-0.15, -0.1) is 0 Å². The fourth-order valence-corrected chi connectivity index (χ4v) is 3.99. The second-order valence-electron chi connectivity index (χ2n) is 5.71. The fourth-order valence-electron chi connectivity index (χ4n) is 3.06. The van der Waals surface area contributed by atoms with Crippen LogP contribution in [-0.4, -0.2) is 38.6 Å². The van der Waals surface area contributed by atoms with E-state index in [4.69, 9.17) is 0 Å². The predicted molar refractivity (Wildman–Crippen MR) is 86.8 cm³/mol. The van der Waals surface area contributed by atoms with Gasteiger partial charge in [-0.05, 0) is 43.4 Å². The second-order valence-corrected chi connectivity index (χ2v) is 7.69. The van der Waals surface area contributed by atoms with E-state index in [0.29, 0.717) is 19.1 Å². The molecule has 0 spiro atoms. The lowest BCUT2D eigenvalue weighted by Gasteiger charge is -2.27. The van der Waals surface area contributed by atoms with E-state index in [0.717, 1.165) is 13.0 Å². The third-order valence-electron chi connectivity index (χ3n) is 4.17. The molecule has 1 unspecified atom stereocenters. The van der Waals surface area contributed by atoms with Gasteiger partial charge >= 0.3 is 0 Å². The van der Waals surface area contributed by atoms with Crippen molar-refractivity contribution in [3.05, 3.63) is 35.4 Å². The number of fused-ring (bicyclic) bond motifs is 1. The van der Waals surface area contributed by atoms with E-state index in [1.807, 2.05) is 6.92 Å². The average Bonchev–Trinajstić information content (AvgIpc) is 2.46. The zero-order valence-corrected chi connectivity index (χ0v) is 13.8. The lowest BCUT2D eigenvalue weighted by Crippen LogP contribution is -2.33. The van der Waals surface area contributed by atoms with Gasteiger partial charge < -0.3 is 5.32 Å². The van der Waals surface area contributed by atoms with Gasteiger partial charge in [-0.3, -0.25) is 0 Å². The highest BCUT2D eigenvalue weighted by Gasteiger charge is 2.19. The van der Waals surface area contributed by atoms with Gasteiger partial charge in [0.25, 0.3) is 0 Å². The molecule has 5 heteroatoms. The smallest absolute Gasteiger partial charge is 0.211 e. The van der Waals surface area contributed by atoms with Gasteiger partial charge in [-0.1, -0.05) is 31.2 Å². The number of sulfonamides is 1. The molecule has 0 saturated heterocycles. The molecule has 0 bridgehead atoms. The van der Waals surface area contributed by atoms with E-state index in [2.05, 4.69) is 29.6 Å². The molecule has 1 aromatic carbocycles. The monoisotopic (exact) mass is 310 g/mol. The predicted octanol–water partition coefficient (Wildman–Crippen LogP) is 2.33. The number of nitrogens with one attached hydrogen (secondary N) is 1. The average molecular weight is 310 g/mol. The molecule has 21 heavy (non-hydrogen) atoms. The quantitative estimate of drug-likeness (QED) is 0.786. The molecule has 4 nitrogen and oxygen atoms in total. The zero-order valence-electron chi connectivity index (χ0n) is 13.0. The molecule has 0 amide bonds. The number of hydrogen-bond acceptors (Lipinski definition) is 3. The van der Waals surface area contributed by atoms with Gasteiger partial charge in [0.05, 0.1) is 6.26 Å². The molecule has 2 rings (SSSR count).